The van der Waals surface area contributed by atoms with Crippen LogP contribution in [0.25, 0.3) is 0 Å². The number of ketones is 1. The Kier molecular flexibility index (Phi) is 27.5. The van der Waals surface area contributed by atoms with Gasteiger partial charge in [0.1, 0.15) is 30.5 Å². The van der Waals surface area contributed by atoms with Gasteiger partial charge >= 0.3 is 12.1 Å². The van der Waals surface area contributed by atoms with Crippen molar-refractivity contribution in [2.24, 2.45) is 0 Å². The van der Waals surface area contributed by atoms with E-state index in [2.05, 4.69) is 51.7 Å². The highest BCUT2D eigenvalue weighted by molar-refractivity contribution is 9.09. The number of aliphatic hydroxyl groups excluding tert-OH is 3. The maximum atomic E-state index is 15.7. The molecule has 0 saturated carbocycles. The Balaban J connectivity index is 1.28. The van der Waals surface area contributed by atoms with E-state index in [1.54, 1.807) is 26.2 Å². The summed E-state index contributed by atoms with van der Waals surface area (Å²) < 4.78 is 78.2. The largest absolute Gasteiger partial charge is 0.493 e. The predicted octanol–water partition coefficient (Wildman–Crippen LogP) is 3.81. The number of esters is 1. The van der Waals surface area contributed by atoms with Crippen molar-refractivity contribution in [3.63, 3.8) is 0 Å². The van der Waals surface area contributed by atoms with Crippen LogP contribution >= 0.6 is 43.2 Å². The van der Waals surface area contributed by atoms with Gasteiger partial charge in [-0.3, -0.25) is 19.7 Å². The number of hydroxylamine groups is 1. The lowest BCUT2D eigenvalue weighted by atomic mass is 9.73. The fourth-order valence-corrected chi connectivity index (χ4v) is 14.2. The molecule has 0 aromatic heterocycles. The molecule has 2 bridgehead atoms. The van der Waals surface area contributed by atoms with Crippen LogP contribution < -0.4 is 30.9 Å². The number of rotatable bonds is 25. The summed E-state index contributed by atoms with van der Waals surface area (Å²) >= 11 is 1.47. The van der Waals surface area contributed by atoms with Crippen molar-refractivity contribution in [2.45, 2.75) is 182 Å². The first-order valence-corrected chi connectivity index (χ1v) is 34.3. The molecule has 4 saturated heterocycles. The number of fused-ring (bicyclic) bond motifs is 2. The third-order valence-corrected chi connectivity index (χ3v) is 20.4. The number of allylic oxidation sites excluding steroid dienone is 2. The minimum absolute atomic E-state index is 0.000579. The Bertz CT molecular complexity index is 2910. The van der Waals surface area contributed by atoms with E-state index in [1.807, 2.05) is 33.3 Å². The maximum Gasteiger partial charge on any atom is 0.411 e. The van der Waals surface area contributed by atoms with Crippen molar-refractivity contribution < 1.29 is 106 Å². The predicted molar refractivity (Wildman–Crippen MR) is 334 cm³/mol. The number of amides is 2. The standard InChI is InChI=1S/C60H82N4O22S4/c1-29(2)61-37-28-78-44(26-40(37)74-8)84-53-51(67)48(64-86-46-25-38(65)54(87-12)32(5)80-46)30(3)81-58(53)83-39-19-17-15-14-16-18-21-60(72)35(20-22-89-90-88-13)47(39)49(63-59(71)77-11)52(68)55(60)85-45-27-43(50(66)31(4)79-45)82-57(70)34-23-41(75-9)42(76-10)24-36(34)62-56(69)33(6)73-7/h14-15,20,23-24,29-32,37-40,43-46,48,50-51,53-55,58,61,64-67,72H,6,16,22,25-28H2,1-5,7-13H3,(H,62,69)(H,63,71)/b15-14?,35-20+/t30-,31+,32-,37+,38+,39+,40+,43+,44+,45?,46+,48-,50+,51+,53-,54-,55-,58+,60-/m1/s1. The second-order valence-corrected chi connectivity index (χ2v) is 27.1. The number of methoxy groups -OCH3 is 5. The lowest BCUT2D eigenvalue weighted by Gasteiger charge is -2.47. The second kappa shape index (κ2) is 34.0. The van der Waals surface area contributed by atoms with Crippen LogP contribution in [0.15, 0.2) is 59.5 Å². The molecule has 2 amide bonds. The number of carbonyl (C=O) groups is 4. The quantitative estimate of drug-likeness (QED) is 0.0131. The van der Waals surface area contributed by atoms with Crippen LogP contribution in [-0.4, -0.2) is 226 Å². The van der Waals surface area contributed by atoms with Crippen molar-refractivity contribution >= 4 is 72.6 Å². The second-order valence-electron chi connectivity index (χ2n) is 21.7. The highest BCUT2D eigenvalue weighted by atomic mass is 33.5. The molecule has 1 unspecified atom stereocenters. The van der Waals surface area contributed by atoms with Gasteiger partial charge in [0.2, 0.25) is 5.78 Å². The molecular formula is C60H82N4O22S4. The number of anilines is 1. The van der Waals surface area contributed by atoms with E-state index in [9.17, 15) is 34.8 Å². The molecular weight excluding hydrogens is 1260 g/mol. The molecule has 30 heteroatoms. The summed E-state index contributed by atoms with van der Waals surface area (Å²) in [5.74, 6) is 8.95. The van der Waals surface area contributed by atoms with Crippen LogP contribution in [-0.2, 0) is 66.5 Å². The minimum Gasteiger partial charge on any atom is -0.493 e. The van der Waals surface area contributed by atoms with Crippen molar-refractivity contribution in [1.29, 1.82) is 0 Å². The van der Waals surface area contributed by atoms with Gasteiger partial charge in [-0.05, 0) is 49.2 Å². The summed E-state index contributed by atoms with van der Waals surface area (Å²) in [6, 6.07) is 1.39. The third-order valence-electron chi connectivity index (χ3n) is 15.4. The Morgan fingerprint density at radius 2 is 1.60 bits per heavy atom. The maximum absolute atomic E-state index is 15.7. The summed E-state index contributed by atoms with van der Waals surface area (Å²) in [7, 11) is 10.8. The zero-order valence-electron chi connectivity index (χ0n) is 52.1. The number of ether oxygens (including phenoxy) is 13. The molecule has 26 nitrogen and oxygen atoms in total. The van der Waals surface area contributed by atoms with E-state index in [0.717, 1.165) is 7.11 Å². The Labute approximate surface area is 539 Å². The number of aliphatic hydroxyl groups is 4. The molecule has 498 valence electrons. The van der Waals surface area contributed by atoms with Gasteiger partial charge in [0.15, 0.2) is 54.1 Å². The number of benzene rings is 1. The van der Waals surface area contributed by atoms with Gasteiger partial charge in [-0.25, -0.2) is 9.59 Å². The average Bonchev–Trinajstić information content (AvgIpc) is 0.918. The average molecular weight is 1340 g/mol. The number of carbonyl (C=O) groups excluding carboxylic acids is 4. The van der Waals surface area contributed by atoms with E-state index in [0.29, 0.717) is 0 Å². The van der Waals surface area contributed by atoms with Crippen molar-refractivity contribution in [3.05, 3.63) is 65.1 Å². The molecule has 2 aliphatic carbocycles. The van der Waals surface area contributed by atoms with E-state index < -0.39 is 134 Å². The summed E-state index contributed by atoms with van der Waals surface area (Å²) in [5.41, 5.74) is -0.910. The monoisotopic (exact) mass is 1340 g/mol. The molecule has 6 aliphatic rings. The fraction of sp³-hybridized carbons (Fsp3) is 0.633. The third kappa shape index (κ3) is 17.8. The Morgan fingerprint density at radius 1 is 0.878 bits per heavy atom. The zero-order chi connectivity index (χ0) is 65.6. The molecule has 7 rings (SSSR count). The highest BCUT2D eigenvalue weighted by Gasteiger charge is 2.57. The Hall–Kier alpha value is -4.62. The molecule has 1 aromatic carbocycles. The smallest absolute Gasteiger partial charge is 0.411 e. The summed E-state index contributed by atoms with van der Waals surface area (Å²) in [6.45, 7) is 12.7. The number of hydrogen-bond donors (Lipinski definition) is 8. The van der Waals surface area contributed by atoms with Gasteiger partial charge in [-0.1, -0.05) is 77.8 Å². The van der Waals surface area contributed by atoms with Crippen LogP contribution in [0.4, 0.5) is 10.5 Å². The molecule has 8 N–H and O–H groups in total. The number of thioether (sulfide) groups is 1. The van der Waals surface area contributed by atoms with E-state index in [4.69, 9.17) is 66.4 Å². The summed E-state index contributed by atoms with van der Waals surface area (Å²) in [5, 5.41) is 57.0. The van der Waals surface area contributed by atoms with Crippen molar-refractivity contribution in [1.82, 2.24) is 16.1 Å². The van der Waals surface area contributed by atoms with Gasteiger partial charge in [-0.15, -0.1) is 0 Å². The SMILES string of the molecule is C=C(OC)C(=O)Nc1cc(OC)c(OC)cc1C(=O)O[C@H]1CC(O[C@@H]2C(=O)C(NC(=O)OC)=C3/C(=C\CSSSC)[C@]2(O)C#CCC=CC#C[C@@H]3O[C@@H]2O[C@H](C)[C@@H](NO[C@H]3C[C@H](O)[C@H](SC)[C@@H](C)O3)[C@H](O)[C@H]2O[C@H]2C[C@H](OC)[C@@H](NC(C)C)CO2)O[C@@H](C)[C@@H]1O. The van der Waals surface area contributed by atoms with Crippen LogP contribution in [0.5, 0.6) is 11.5 Å². The topological polar surface area (TPSA) is 327 Å². The number of hydrogen-bond acceptors (Lipinski definition) is 28. The van der Waals surface area contributed by atoms with Gasteiger partial charge < -0.3 is 92.6 Å². The van der Waals surface area contributed by atoms with Crippen molar-refractivity contribution in [3.8, 4) is 35.2 Å². The number of nitrogens with one attached hydrogen (secondary N) is 4. The van der Waals surface area contributed by atoms with E-state index in [-0.39, 0.29) is 94.7 Å². The first kappa shape index (κ1) is 72.8. The molecule has 4 fully saturated rings. The summed E-state index contributed by atoms with van der Waals surface area (Å²) in [6.07, 6.45) is -11.3. The van der Waals surface area contributed by atoms with Gasteiger partial charge in [0, 0.05) is 67.9 Å². The van der Waals surface area contributed by atoms with Gasteiger partial charge in [0.05, 0.1) is 99.8 Å². The van der Waals surface area contributed by atoms with Crippen LogP contribution in [0.1, 0.15) is 70.7 Å². The molecule has 90 heavy (non-hydrogen) atoms. The Morgan fingerprint density at radius 3 is 2.27 bits per heavy atom. The molecule has 19 atom stereocenters. The molecule has 0 radical (unpaired) electrons. The van der Waals surface area contributed by atoms with Crippen LogP contribution in [0.3, 0.4) is 0 Å². The summed E-state index contributed by atoms with van der Waals surface area (Å²) in [4.78, 5) is 62.7. The molecule has 0 spiro atoms. The minimum atomic E-state index is -2.65. The molecule has 4 heterocycles. The van der Waals surface area contributed by atoms with Gasteiger partial charge in [-0.2, -0.15) is 17.2 Å². The number of Topliss-reactive ketones (excluding diaryl/α,β-unsaturated/α-hetero) is 1. The number of alkyl carbamates (subject to hydrolysis) is 1. The first-order valence-electron chi connectivity index (χ1n) is 28.9. The van der Waals surface area contributed by atoms with Crippen molar-refractivity contribution in [2.75, 3.05) is 65.7 Å². The van der Waals surface area contributed by atoms with Crippen LogP contribution in [0.2, 0.25) is 0 Å². The highest BCUT2D eigenvalue weighted by Crippen LogP contribution is 2.44. The van der Waals surface area contributed by atoms with E-state index >= 15 is 4.79 Å². The van der Waals surface area contributed by atoms with E-state index in [1.165, 1.54) is 89.6 Å². The fourth-order valence-electron chi connectivity index (χ4n) is 10.9. The lowest BCUT2D eigenvalue weighted by Crippen LogP contribution is -2.65. The molecule has 4 aliphatic heterocycles. The normalized spacial score (nSPS) is 34.0. The van der Waals surface area contributed by atoms with Gasteiger partial charge in [0.25, 0.3) is 5.91 Å². The molecule has 1 aromatic rings. The first-order chi connectivity index (χ1) is 43.0. The zero-order valence-corrected chi connectivity index (χ0v) is 55.3. The lowest BCUT2D eigenvalue weighted by molar-refractivity contribution is -0.336. The van der Waals surface area contributed by atoms with Crippen LogP contribution in [0, 0.1) is 23.7 Å².